The van der Waals surface area contributed by atoms with Gasteiger partial charge in [0, 0.05) is 5.70 Å². The average molecular weight is 210 g/mol. The minimum atomic E-state index is 0.292. The van der Waals surface area contributed by atoms with Gasteiger partial charge in [0.05, 0.1) is 0 Å². The summed E-state index contributed by atoms with van der Waals surface area (Å²) in [4.78, 5) is 0.292. The minimum Gasteiger partial charge on any atom is -0.369 e. The number of hydrogen-bond donors (Lipinski definition) is 1. The maximum absolute atomic E-state index is 3.47. The number of allylic oxidation sites excluding steroid dienone is 5. The Kier molecular flexibility index (Phi) is 1.70. The van der Waals surface area contributed by atoms with Crippen molar-refractivity contribution in [1.82, 2.24) is 5.32 Å². The van der Waals surface area contributed by atoms with Crippen LogP contribution < -0.4 is 5.32 Å². The van der Waals surface area contributed by atoms with E-state index in [9.17, 15) is 0 Å². The van der Waals surface area contributed by atoms with Crippen molar-refractivity contribution in [2.45, 2.75) is 4.95 Å². The highest BCUT2D eigenvalue weighted by Gasteiger charge is 2.14. The van der Waals surface area contributed by atoms with E-state index in [-0.39, 0.29) is 0 Å². The van der Waals surface area contributed by atoms with Gasteiger partial charge in [-0.3, -0.25) is 0 Å². The van der Waals surface area contributed by atoms with Gasteiger partial charge in [-0.2, -0.15) is 0 Å². The zero-order valence-electron chi connectivity index (χ0n) is 5.92. The third-order valence-corrected chi connectivity index (χ3v) is 2.18. The van der Waals surface area contributed by atoms with E-state index in [1.807, 2.05) is 18.2 Å². The molecule has 0 amide bonds. The Morgan fingerprint density at radius 1 is 1.27 bits per heavy atom. The monoisotopic (exact) mass is 209 g/mol. The SMILES string of the molecule is BrC1C=C2C=CC=CC=C2N1. The third kappa shape index (κ3) is 1.31. The van der Waals surface area contributed by atoms with Crippen LogP contribution in [0.5, 0.6) is 0 Å². The smallest absolute Gasteiger partial charge is 0.101 e. The number of hydrogen-bond acceptors (Lipinski definition) is 1. The molecule has 0 bridgehead atoms. The topological polar surface area (TPSA) is 12.0 Å². The third-order valence-electron chi connectivity index (χ3n) is 1.69. The van der Waals surface area contributed by atoms with E-state index in [1.165, 1.54) is 11.3 Å². The molecule has 0 spiro atoms. The van der Waals surface area contributed by atoms with Gasteiger partial charge in [0.1, 0.15) is 4.95 Å². The molecule has 0 saturated heterocycles. The molecule has 0 aromatic heterocycles. The highest BCUT2D eigenvalue weighted by Crippen LogP contribution is 2.22. The number of nitrogens with one attached hydrogen (secondary N) is 1. The number of fused-ring (bicyclic) bond motifs is 1. The summed E-state index contributed by atoms with van der Waals surface area (Å²) in [5, 5.41) is 3.28. The van der Waals surface area contributed by atoms with Crippen LogP contribution in [-0.2, 0) is 0 Å². The Bertz CT molecular complexity index is 284. The summed E-state index contributed by atoms with van der Waals surface area (Å²) in [6, 6.07) is 0. The molecule has 0 radical (unpaired) electrons. The van der Waals surface area contributed by atoms with Crippen LogP contribution in [0, 0.1) is 0 Å². The maximum atomic E-state index is 3.47. The number of rotatable bonds is 0. The lowest BCUT2D eigenvalue weighted by molar-refractivity contribution is 0.937. The van der Waals surface area contributed by atoms with Gasteiger partial charge in [0.25, 0.3) is 0 Å². The van der Waals surface area contributed by atoms with Gasteiger partial charge in [-0.1, -0.05) is 40.2 Å². The summed E-state index contributed by atoms with van der Waals surface area (Å²) in [6.45, 7) is 0. The standard InChI is InChI=1S/C9H8BrN/c10-9-6-7-4-2-1-3-5-8(7)11-9/h1-6,9,11H. The van der Waals surface area contributed by atoms with Crippen LogP contribution in [0.4, 0.5) is 0 Å². The van der Waals surface area contributed by atoms with Crippen molar-refractivity contribution in [3.63, 3.8) is 0 Å². The van der Waals surface area contributed by atoms with Crippen molar-refractivity contribution in [2.24, 2.45) is 0 Å². The summed E-state index contributed by atoms with van der Waals surface area (Å²) in [5.41, 5.74) is 2.45. The first kappa shape index (κ1) is 6.92. The molecule has 56 valence electrons. The molecule has 1 unspecified atom stereocenters. The number of alkyl halides is 1. The minimum absolute atomic E-state index is 0.292. The molecular formula is C9H8BrN. The Balaban J connectivity index is 2.39. The Morgan fingerprint density at radius 2 is 2.18 bits per heavy atom. The molecule has 1 atom stereocenters. The molecule has 11 heavy (non-hydrogen) atoms. The first-order chi connectivity index (χ1) is 5.36. The van der Waals surface area contributed by atoms with Crippen molar-refractivity contribution < 1.29 is 0 Å². The Morgan fingerprint density at radius 3 is 3.09 bits per heavy atom. The fourth-order valence-corrected chi connectivity index (χ4v) is 1.72. The van der Waals surface area contributed by atoms with E-state index in [0.29, 0.717) is 4.95 Å². The lowest BCUT2D eigenvalue weighted by atomic mass is 10.2. The molecule has 2 aliphatic rings. The highest BCUT2D eigenvalue weighted by molar-refractivity contribution is 9.09. The molecular weight excluding hydrogens is 202 g/mol. The lowest BCUT2D eigenvalue weighted by Crippen LogP contribution is -2.13. The van der Waals surface area contributed by atoms with E-state index >= 15 is 0 Å². The molecule has 1 nitrogen and oxygen atoms in total. The highest BCUT2D eigenvalue weighted by atomic mass is 79.9. The van der Waals surface area contributed by atoms with Crippen molar-refractivity contribution in [3.05, 3.63) is 47.7 Å². The van der Waals surface area contributed by atoms with Crippen LogP contribution in [-0.4, -0.2) is 4.95 Å². The molecule has 0 saturated carbocycles. The van der Waals surface area contributed by atoms with Crippen LogP contribution in [0.1, 0.15) is 0 Å². The van der Waals surface area contributed by atoms with E-state index in [4.69, 9.17) is 0 Å². The Hall–Kier alpha value is -0.760. The molecule has 0 fully saturated rings. The summed E-state index contributed by atoms with van der Waals surface area (Å²) < 4.78 is 0. The van der Waals surface area contributed by atoms with Crippen molar-refractivity contribution in [2.75, 3.05) is 0 Å². The van der Waals surface area contributed by atoms with Crippen LogP contribution in [0.25, 0.3) is 0 Å². The molecule has 1 N–H and O–H groups in total. The van der Waals surface area contributed by atoms with E-state index in [2.05, 4.69) is 39.5 Å². The molecule has 2 heteroatoms. The first-order valence-electron chi connectivity index (χ1n) is 3.54. The predicted octanol–water partition coefficient (Wildman–Crippen LogP) is 2.25. The zero-order chi connectivity index (χ0) is 7.68. The maximum Gasteiger partial charge on any atom is 0.101 e. The quantitative estimate of drug-likeness (QED) is 0.477. The molecule has 1 aliphatic carbocycles. The largest absolute Gasteiger partial charge is 0.369 e. The number of halogens is 1. The van der Waals surface area contributed by atoms with Gasteiger partial charge in [-0.05, 0) is 17.7 Å². The molecule has 1 aliphatic heterocycles. The fraction of sp³-hybridized carbons (Fsp3) is 0.111. The summed E-state index contributed by atoms with van der Waals surface area (Å²) in [5.74, 6) is 0. The fourth-order valence-electron chi connectivity index (χ4n) is 1.19. The van der Waals surface area contributed by atoms with Crippen LogP contribution in [0.3, 0.4) is 0 Å². The van der Waals surface area contributed by atoms with Crippen molar-refractivity contribution in [1.29, 1.82) is 0 Å². The van der Waals surface area contributed by atoms with Gasteiger partial charge in [0.15, 0.2) is 0 Å². The second-order valence-electron chi connectivity index (χ2n) is 2.49. The van der Waals surface area contributed by atoms with Crippen LogP contribution >= 0.6 is 15.9 Å². The summed E-state index contributed by atoms with van der Waals surface area (Å²) >= 11 is 3.47. The second kappa shape index (κ2) is 2.70. The van der Waals surface area contributed by atoms with Crippen LogP contribution in [0.15, 0.2) is 47.7 Å². The van der Waals surface area contributed by atoms with Gasteiger partial charge >= 0.3 is 0 Å². The average Bonchev–Trinajstić information content (AvgIpc) is 2.17. The normalized spacial score (nSPS) is 26.8. The lowest BCUT2D eigenvalue weighted by Gasteiger charge is -2.01. The van der Waals surface area contributed by atoms with Crippen LogP contribution in [0.2, 0.25) is 0 Å². The summed E-state index contributed by atoms with van der Waals surface area (Å²) in [7, 11) is 0. The van der Waals surface area contributed by atoms with E-state index in [0.717, 1.165) is 0 Å². The predicted molar refractivity (Wildman–Crippen MR) is 50.3 cm³/mol. The molecule has 0 aromatic rings. The van der Waals surface area contributed by atoms with Gasteiger partial charge < -0.3 is 5.32 Å². The molecule has 0 aromatic carbocycles. The van der Waals surface area contributed by atoms with Gasteiger partial charge in [-0.25, -0.2) is 0 Å². The second-order valence-corrected chi connectivity index (χ2v) is 3.48. The van der Waals surface area contributed by atoms with Gasteiger partial charge in [0.2, 0.25) is 0 Å². The molecule has 2 rings (SSSR count). The Labute approximate surface area is 74.3 Å². The van der Waals surface area contributed by atoms with Gasteiger partial charge in [-0.15, -0.1) is 0 Å². The van der Waals surface area contributed by atoms with E-state index in [1.54, 1.807) is 0 Å². The van der Waals surface area contributed by atoms with Crippen molar-refractivity contribution in [3.8, 4) is 0 Å². The van der Waals surface area contributed by atoms with Crippen molar-refractivity contribution >= 4 is 15.9 Å². The zero-order valence-corrected chi connectivity index (χ0v) is 7.51. The molecule has 1 heterocycles. The first-order valence-corrected chi connectivity index (χ1v) is 4.46. The summed E-state index contributed by atoms with van der Waals surface area (Å²) in [6.07, 6.45) is 12.4. The van der Waals surface area contributed by atoms with E-state index < -0.39 is 0 Å².